The van der Waals surface area contributed by atoms with Gasteiger partial charge in [-0.15, -0.1) is 0 Å². The van der Waals surface area contributed by atoms with Gasteiger partial charge in [-0.3, -0.25) is 0 Å². The van der Waals surface area contributed by atoms with Gasteiger partial charge in [-0.25, -0.2) is 0 Å². The van der Waals surface area contributed by atoms with Crippen LogP contribution in [0.2, 0.25) is 0 Å². The third-order valence-corrected chi connectivity index (χ3v) is 3.56. The van der Waals surface area contributed by atoms with E-state index in [0.29, 0.717) is 12.0 Å². The maximum absolute atomic E-state index is 5.88. The molecule has 0 radical (unpaired) electrons. The van der Waals surface area contributed by atoms with Crippen LogP contribution in [0.5, 0.6) is 5.75 Å². The van der Waals surface area contributed by atoms with Crippen LogP contribution in [0.25, 0.3) is 11.0 Å². The Morgan fingerprint density at radius 3 is 2.74 bits per heavy atom. The fourth-order valence-corrected chi connectivity index (χ4v) is 2.42. The SMILES string of the molecule is CCC(NCc1cc2cccc(OC)c2o1)C(C)C. The summed E-state index contributed by atoms with van der Waals surface area (Å²) in [6.45, 7) is 7.44. The minimum Gasteiger partial charge on any atom is -0.493 e. The molecule has 2 aromatic rings. The molecule has 1 N–H and O–H groups in total. The number of hydrogen-bond acceptors (Lipinski definition) is 3. The van der Waals surface area contributed by atoms with Crippen molar-refractivity contribution in [2.75, 3.05) is 7.11 Å². The monoisotopic (exact) mass is 261 g/mol. The van der Waals surface area contributed by atoms with Crippen LogP contribution in [-0.2, 0) is 6.54 Å². The van der Waals surface area contributed by atoms with Crippen molar-refractivity contribution in [1.29, 1.82) is 0 Å². The lowest BCUT2D eigenvalue weighted by Gasteiger charge is -2.19. The highest BCUT2D eigenvalue weighted by molar-refractivity contribution is 5.83. The normalized spacial score (nSPS) is 13.1. The van der Waals surface area contributed by atoms with Crippen molar-refractivity contribution in [3.05, 3.63) is 30.0 Å². The minimum absolute atomic E-state index is 0.523. The van der Waals surface area contributed by atoms with Crippen molar-refractivity contribution in [1.82, 2.24) is 5.32 Å². The van der Waals surface area contributed by atoms with Gasteiger partial charge in [0.1, 0.15) is 5.76 Å². The number of nitrogens with one attached hydrogen (secondary N) is 1. The largest absolute Gasteiger partial charge is 0.493 e. The van der Waals surface area contributed by atoms with Gasteiger partial charge in [0, 0.05) is 11.4 Å². The van der Waals surface area contributed by atoms with E-state index in [1.165, 1.54) is 0 Å². The number of methoxy groups -OCH3 is 1. The van der Waals surface area contributed by atoms with E-state index in [4.69, 9.17) is 9.15 Å². The molecule has 104 valence electrons. The summed E-state index contributed by atoms with van der Waals surface area (Å²) < 4.78 is 11.2. The fraction of sp³-hybridized carbons (Fsp3) is 0.500. The predicted molar refractivity (Wildman–Crippen MR) is 78.5 cm³/mol. The average molecular weight is 261 g/mol. The Hall–Kier alpha value is -1.48. The first-order chi connectivity index (χ1) is 9.15. The molecule has 1 aromatic carbocycles. The molecule has 0 saturated carbocycles. The number of fused-ring (bicyclic) bond motifs is 1. The van der Waals surface area contributed by atoms with Crippen molar-refractivity contribution in [2.45, 2.75) is 39.8 Å². The molecule has 1 heterocycles. The molecule has 1 atom stereocenters. The van der Waals surface area contributed by atoms with Gasteiger partial charge in [0.05, 0.1) is 13.7 Å². The highest BCUT2D eigenvalue weighted by atomic mass is 16.5. The molecular formula is C16H23NO2. The van der Waals surface area contributed by atoms with E-state index in [1.807, 2.05) is 18.2 Å². The molecule has 2 rings (SSSR count). The summed E-state index contributed by atoms with van der Waals surface area (Å²) in [6, 6.07) is 8.56. The molecular weight excluding hydrogens is 238 g/mol. The van der Waals surface area contributed by atoms with Crippen LogP contribution in [0.1, 0.15) is 33.0 Å². The van der Waals surface area contributed by atoms with E-state index >= 15 is 0 Å². The average Bonchev–Trinajstić information content (AvgIpc) is 2.81. The van der Waals surface area contributed by atoms with E-state index in [0.717, 1.165) is 35.4 Å². The Bertz CT molecular complexity index is 531. The number of furan rings is 1. The maximum atomic E-state index is 5.88. The van der Waals surface area contributed by atoms with Gasteiger partial charge in [-0.1, -0.05) is 32.9 Å². The Morgan fingerprint density at radius 2 is 2.11 bits per heavy atom. The molecule has 1 unspecified atom stereocenters. The second-order valence-corrected chi connectivity index (χ2v) is 5.23. The van der Waals surface area contributed by atoms with Gasteiger partial charge in [0.25, 0.3) is 0 Å². The first-order valence-corrected chi connectivity index (χ1v) is 6.94. The highest BCUT2D eigenvalue weighted by Gasteiger charge is 2.12. The second kappa shape index (κ2) is 6.11. The fourth-order valence-electron chi connectivity index (χ4n) is 2.42. The summed E-state index contributed by atoms with van der Waals surface area (Å²) in [4.78, 5) is 0. The second-order valence-electron chi connectivity index (χ2n) is 5.23. The molecule has 3 nitrogen and oxygen atoms in total. The summed E-state index contributed by atoms with van der Waals surface area (Å²) in [5, 5.41) is 4.64. The first kappa shape index (κ1) is 13.9. The standard InChI is InChI=1S/C16H23NO2/c1-5-14(11(2)3)17-10-13-9-12-7-6-8-15(18-4)16(12)19-13/h6-9,11,14,17H,5,10H2,1-4H3. The molecule has 3 heteroatoms. The summed E-state index contributed by atoms with van der Waals surface area (Å²) in [7, 11) is 1.67. The summed E-state index contributed by atoms with van der Waals surface area (Å²) in [6.07, 6.45) is 1.13. The summed E-state index contributed by atoms with van der Waals surface area (Å²) in [5.41, 5.74) is 0.833. The molecule has 1 aromatic heterocycles. The minimum atomic E-state index is 0.523. The molecule has 0 bridgehead atoms. The van der Waals surface area contributed by atoms with Crippen molar-refractivity contribution in [3.8, 4) is 5.75 Å². The molecule has 0 aliphatic rings. The lowest BCUT2D eigenvalue weighted by molar-refractivity contribution is 0.367. The van der Waals surface area contributed by atoms with Gasteiger partial charge < -0.3 is 14.5 Å². The van der Waals surface area contributed by atoms with Gasteiger partial charge >= 0.3 is 0 Å². The van der Waals surface area contributed by atoms with Crippen LogP contribution < -0.4 is 10.1 Å². The van der Waals surface area contributed by atoms with Crippen LogP contribution in [0, 0.1) is 5.92 Å². The predicted octanol–water partition coefficient (Wildman–Crippen LogP) is 3.97. The highest BCUT2D eigenvalue weighted by Crippen LogP contribution is 2.28. The van der Waals surface area contributed by atoms with Crippen molar-refractivity contribution in [3.63, 3.8) is 0 Å². The zero-order valence-corrected chi connectivity index (χ0v) is 12.2. The smallest absolute Gasteiger partial charge is 0.176 e. The van der Waals surface area contributed by atoms with E-state index in [1.54, 1.807) is 7.11 Å². The van der Waals surface area contributed by atoms with Gasteiger partial charge in [0.2, 0.25) is 0 Å². The Kier molecular flexibility index (Phi) is 4.48. The number of ether oxygens (including phenoxy) is 1. The third kappa shape index (κ3) is 3.10. The summed E-state index contributed by atoms with van der Waals surface area (Å²) in [5.74, 6) is 2.38. The van der Waals surface area contributed by atoms with E-state index < -0.39 is 0 Å². The number of rotatable bonds is 6. The zero-order valence-electron chi connectivity index (χ0n) is 12.2. The van der Waals surface area contributed by atoms with Gasteiger partial charge in [-0.05, 0) is 24.5 Å². The van der Waals surface area contributed by atoms with Gasteiger partial charge in [-0.2, -0.15) is 0 Å². The van der Waals surface area contributed by atoms with Crippen LogP contribution in [0.15, 0.2) is 28.7 Å². The molecule has 0 aliphatic carbocycles. The third-order valence-electron chi connectivity index (χ3n) is 3.56. The zero-order chi connectivity index (χ0) is 13.8. The molecule has 0 amide bonds. The summed E-state index contributed by atoms with van der Waals surface area (Å²) >= 11 is 0. The van der Waals surface area contributed by atoms with Gasteiger partial charge in [0.15, 0.2) is 11.3 Å². The number of benzene rings is 1. The lowest BCUT2D eigenvalue weighted by atomic mass is 10.0. The number of para-hydroxylation sites is 1. The van der Waals surface area contributed by atoms with Crippen molar-refractivity contribution >= 4 is 11.0 Å². The number of hydrogen-bond donors (Lipinski definition) is 1. The molecule has 19 heavy (non-hydrogen) atoms. The van der Waals surface area contributed by atoms with Crippen LogP contribution in [0.4, 0.5) is 0 Å². The molecule has 0 aliphatic heterocycles. The van der Waals surface area contributed by atoms with Crippen LogP contribution >= 0.6 is 0 Å². The van der Waals surface area contributed by atoms with E-state index in [-0.39, 0.29) is 0 Å². The lowest BCUT2D eigenvalue weighted by Crippen LogP contribution is -2.32. The molecule has 0 spiro atoms. The topological polar surface area (TPSA) is 34.4 Å². The Balaban J connectivity index is 2.13. The quantitative estimate of drug-likeness (QED) is 0.854. The maximum Gasteiger partial charge on any atom is 0.176 e. The van der Waals surface area contributed by atoms with E-state index in [9.17, 15) is 0 Å². The van der Waals surface area contributed by atoms with Crippen LogP contribution in [0.3, 0.4) is 0 Å². The van der Waals surface area contributed by atoms with Crippen LogP contribution in [-0.4, -0.2) is 13.2 Å². The first-order valence-electron chi connectivity index (χ1n) is 6.94. The Morgan fingerprint density at radius 1 is 1.32 bits per heavy atom. The molecule has 0 saturated heterocycles. The van der Waals surface area contributed by atoms with Crippen molar-refractivity contribution < 1.29 is 9.15 Å². The molecule has 0 fully saturated rings. The Labute approximate surface area is 114 Å². The van der Waals surface area contributed by atoms with E-state index in [2.05, 4.69) is 32.2 Å². The van der Waals surface area contributed by atoms with Crippen molar-refractivity contribution in [2.24, 2.45) is 5.92 Å².